The van der Waals surface area contributed by atoms with E-state index >= 15 is 0 Å². The van der Waals surface area contributed by atoms with Crippen molar-refractivity contribution in [2.45, 2.75) is 33.3 Å². The second-order valence-corrected chi connectivity index (χ2v) is 5.93. The number of hydrogen-bond acceptors (Lipinski definition) is 4. The van der Waals surface area contributed by atoms with Crippen molar-refractivity contribution in [2.24, 2.45) is 5.92 Å². The predicted molar refractivity (Wildman–Crippen MR) is 98.5 cm³/mol. The SMILES string of the molecule is CCc1c(C=O)ccc(N)c1C(=N)/C1=C/C(C)/C=C\C=C/C(C)O1. The summed E-state index contributed by atoms with van der Waals surface area (Å²) in [6.45, 7) is 5.91. The van der Waals surface area contributed by atoms with Crippen molar-refractivity contribution in [3.63, 3.8) is 0 Å². The summed E-state index contributed by atoms with van der Waals surface area (Å²) in [6, 6.07) is 3.38. The Kier molecular flexibility index (Phi) is 5.74. The zero-order chi connectivity index (χ0) is 17.7. The Balaban J connectivity index is 2.54. The second-order valence-electron chi connectivity index (χ2n) is 5.93. The highest BCUT2D eigenvalue weighted by Crippen LogP contribution is 2.26. The average Bonchev–Trinajstić information content (AvgIpc) is 2.64. The molecule has 2 unspecified atom stereocenters. The number of carbonyl (C=O) groups excluding carboxylic acids is 1. The van der Waals surface area contributed by atoms with Gasteiger partial charge in [-0.3, -0.25) is 10.2 Å². The lowest BCUT2D eigenvalue weighted by Crippen LogP contribution is -2.17. The highest BCUT2D eigenvalue weighted by atomic mass is 16.5. The number of nitrogens with two attached hydrogens (primary N) is 1. The third kappa shape index (κ3) is 3.82. The standard InChI is InChI=1S/C20H24N2O2/c1-4-16-15(12-23)9-10-17(21)19(16)20(22)18-11-13(2)7-5-6-8-14(3)24-18/h5-14,22H,4,21H2,1-3H3/b7-5-,8-6-,18-11-,22-20?. The highest BCUT2D eigenvalue weighted by molar-refractivity contribution is 6.14. The Labute approximate surface area is 143 Å². The molecule has 2 rings (SSSR count). The maximum Gasteiger partial charge on any atom is 0.150 e. The van der Waals surface area contributed by atoms with Crippen LogP contribution in [-0.2, 0) is 11.2 Å². The van der Waals surface area contributed by atoms with E-state index in [9.17, 15) is 4.79 Å². The van der Waals surface area contributed by atoms with Crippen LogP contribution in [0.4, 0.5) is 5.69 Å². The van der Waals surface area contributed by atoms with Gasteiger partial charge in [-0.25, -0.2) is 0 Å². The number of ether oxygens (including phenoxy) is 1. The lowest BCUT2D eigenvalue weighted by Gasteiger charge is -2.20. The number of benzene rings is 1. The summed E-state index contributed by atoms with van der Waals surface area (Å²) in [5.74, 6) is 0.603. The number of nitrogen functional groups attached to an aromatic ring is 1. The molecular weight excluding hydrogens is 300 g/mol. The van der Waals surface area contributed by atoms with E-state index in [0.29, 0.717) is 29.0 Å². The van der Waals surface area contributed by atoms with E-state index in [-0.39, 0.29) is 17.7 Å². The third-order valence-corrected chi connectivity index (χ3v) is 3.99. The van der Waals surface area contributed by atoms with Crippen LogP contribution < -0.4 is 5.73 Å². The summed E-state index contributed by atoms with van der Waals surface area (Å²) in [5, 5.41) is 8.66. The van der Waals surface area contributed by atoms with Gasteiger partial charge in [-0.1, -0.05) is 32.1 Å². The second kappa shape index (κ2) is 7.77. The van der Waals surface area contributed by atoms with Crippen molar-refractivity contribution in [2.75, 3.05) is 5.73 Å². The zero-order valence-corrected chi connectivity index (χ0v) is 14.4. The molecule has 0 amide bonds. The summed E-state index contributed by atoms with van der Waals surface area (Å²) >= 11 is 0. The molecule has 4 nitrogen and oxygen atoms in total. The molecule has 1 aliphatic rings. The first-order valence-corrected chi connectivity index (χ1v) is 8.17. The fraction of sp³-hybridized carbons (Fsp3) is 0.300. The van der Waals surface area contributed by atoms with Crippen LogP contribution in [0.2, 0.25) is 0 Å². The molecule has 1 heterocycles. The van der Waals surface area contributed by atoms with Crippen LogP contribution in [0.3, 0.4) is 0 Å². The molecule has 1 aromatic rings. The van der Waals surface area contributed by atoms with Gasteiger partial charge in [-0.15, -0.1) is 0 Å². The molecule has 0 saturated heterocycles. The monoisotopic (exact) mass is 324 g/mol. The lowest BCUT2D eigenvalue weighted by molar-refractivity contribution is 0.112. The Morgan fingerprint density at radius 3 is 2.67 bits per heavy atom. The number of nitrogens with one attached hydrogen (secondary N) is 1. The number of aldehydes is 1. The molecule has 24 heavy (non-hydrogen) atoms. The van der Waals surface area contributed by atoms with Crippen molar-refractivity contribution in [1.82, 2.24) is 0 Å². The van der Waals surface area contributed by atoms with Gasteiger partial charge in [0.15, 0.2) is 0 Å². The third-order valence-electron chi connectivity index (χ3n) is 3.99. The number of anilines is 1. The first-order valence-electron chi connectivity index (χ1n) is 8.17. The van der Waals surface area contributed by atoms with Crippen LogP contribution in [0.15, 0.2) is 48.3 Å². The molecule has 0 radical (unpaired) electrons. The Bertz CT molecular complexity index is 729. The summed E-state index contributed by atoms with van der Waals surface area (Å²) in [4.78, 5) is 11.3. The van der Waals surface area contributed by atoms with E-state index in [2.05, 4.69) is 0 Å². The maximum atomic E-state index is 11.3. The normalized spacial score (nSPS) is 25.2. The fourth-order valence-electron chi connectivity index (χ4n) is 2.77. The van der Waals surface area contributed by atoms with E-state index < -0.39 is 0 Å². The van der Waals surface area contributed by atoms with Crippen molar-refractivity contribution in [3.8, 4) is 0 Å². The molecule has 3 N–H and O–H groups in total. The van der Waals surface area contributed by atoms with Gasteiger partial charge in [0.2, 0.25) is 0 Å². The molecule has 1 aliphatic heterocycles. The summed E-state index contributed by atoms with van der Waals surface area (Å²) in [7, 11) is 0. The number of carbonyl (C=O) groups is 1. The molecule has 0 fully saturated rings. The van der Waals surface area contributed by atoms with Crippen molar-refractivity contribution >= 4 is 17.7 Å². The number of rotatable bonds is 4. The van der Waals surface area contributed by atoms with E-state index in [1.165, 1.54) is 0 Å². The van der Waals surface area contributed by atoms with E-state index in [4.69, 9.17) is 15.9 Å². The molecule has 0 aliphatic carbocycles. The summed E-state index contributed by atoms with van der Waals surface area (Å²) in [6.07, 6.45) is 11.1. The first kappa shape index (κ1) is 17.7. The number of hydrogen-bond donors (Lipinski definition) is 2. The van der Waals surface area contributed by atoms with Crippen LogP contribution in [0.1, 0.15) is 42.3 Å². The Hall–Kier alpha value is -2.62. The lowest BCUT2D eigenvalue weighted by atomic mass is 9.93. The smallest absolute Gasteiger partial charge is 0.150 e. The van der Waals surface area contributed by atoms with E-state index in [0.717, 1.165) is 11.8 Å². The van der Waals surface area contributed by atoms with Gasteiger partial charge in [0.05, 0.1) is 0 Å². The molecule has 126 valence electrons. The van der Waals surface area contributed by atoms with E-state index in [1.54, 1.807) is 12.1 Å². The van der Waals surface area contributed by atoms with Gasteiger partial charge in [0, 0.05) is 16.8 Å². The van der Waals surface area contributed by atoms with Gasteiger partial charge in [0.1, 0.15) is 23.9 Å². The average molecular weight is 324 g/mol. The number of allylic oxidation sites excluding steroid dienone is 5. The minimum Gasteiger partial charge on any atom is -0.485 e. The minimum atomic E-state index is -0.160. The molecule has 0 bridgehead atoms. The molecule has 0 saturated carbocycles. The van der Waals surface area contributed by atoms with Gasteiger partial charge in [-0.05, 0) is 49.1 Å². The summed E-state index contributed by atoms with van der Waals surface area (Å²) in [5.41, 5.74) is 8.77. The van der Waals surface area contributed by atoms with E-state index in [1.807, 2.05) is 51.2 Å². The molecule has 1 aromatic carbocycles. The minimum absolute atomic E-state index is 0.121. The zero-order valence-electron chi connectivity index (χ0n) is 14.4. The van der Waals surface area contributed by atoms with Crippen LogP contribution in [0, 0.1) is 11.3 Å². The first-order chi connectivity index (χ1) is 11.5. The Morgan fingerprint density at radius 2 is 2.00 bits per heavy atom. The van der Waals surface area contributed by atoms with Crippen LogP contribution in [0.25, 0.3) is 0 Å². The van der Waals surface area contributed by atoms with Gasteiger partial charge < -0.3 is 10.5 Å². The molecule has 4 heteroatoms. The fourth-order valence-corrected chi connectivity index (χ4v) is 2.77. The molecule has 0 spiro atoms. The largest absolute Gasteiger partial charge is 0.485 e. The van der Waals surface area contributed by atoms with Crippen LogP contribution >= 0.6 is 0 Å². The van der Waals surface area contributed by atoms with Crippen molar-refractivity contribution in [1.29, 1.82) is 5.41 Å². The topological polar surface area (TPSA) is 76.2 Å². The van der Waals surface area contributed by atoms with Crippen LogP contribution in [0.5, 0.6) is 0 Å². The van der Waals surface area contributed by atoms with Gasteiger partial charge >= 0.3 is 0 Å². The quantitative estimate of drug-likeness (QED) is 0.498. The molecular formula is C20H24N2O2. The summed E-state index contributed by atoms with van der Waals surface area (Å²) < 4.78 is 5.95. The van der Waals surface area contributed by atoms with Crippen molar-refractivity contribution < 1.29 is 9.53 Å². The maximum absolute atomic E-state index is 11.3. The van der Waals surface area contributed by atoms with Crippen LogP contribution in [-0.4, -0.2) is 18.1 Å². The highest BCUT2D eigenvalue weighted by Gasteiger charge is 2.20. The molecule has 2 atom stereocenters. The van der Waals surface area contributed by atoms with Crippen molar-refractivity contribution in [3.05, 3.63) is 65.0 Å². The van der Waals surface area contributed by atoms with Gasteiger partial charge in [0.25, 0.3) is 0 Å². The van der Waals surface area contributed by atoms with Gasteiger partial charge in [-0.2, -0.15) is 0 Å². The predicted octanol–water partition coefficient (Wildman–Crippen LogP) is 4.06. The molecule has 0 aromatic heterocycles. The Morgan fingerprint density at radius 1 is 1.29 bits per heavy atom.